The molecule has 0 aliphatic carbocycles. The van der Waals surface area contributed by atoms with Gasteiger partial charge in [0.05, 0.1) is 37.4 Å². The lowest BCUT2D eigenvalue weighted by Crippen LogP contribution is -2.42. The molecule has 0 unspecified atom stereocenters. The van der Waals surface area contributed by atoms with Gasteiger partial charge in [0.25, 0.3) is 11.8 Å². The van der Waals surface area contributed by atoms with E-state index >= 15 is 0 Å². The van der Waals surface area contributed by atoms with E-state index in [-0.39, 0.29) is 38.2 Å². The highest BCUT2D eigenvalue weighted by Gasteiger charge is 2.36. The van der Waals surface area contributed by atoms with Crippen molar-refractivity contribution in [2.24, 2.45) is 11.8 Å². The molecule has 3 rings (SSSR count). The van der Waals surface area contributed by atoms with Crippen LogP contribution < -0.4 is 0 Å². The van der Waals surface area contributed by atoms with Crippen LogP contribution in [0.15, 0.2) is 24.3 Å². The Morgan fingerprint density at radius 2 is 1.62 bits per heavy atom. The van der Waals surface area contributed by atoms with Crippen molar-refractivity contribution in [2.45, 2.75) is 65.9 Å². The summed E-state index contributed by atoms with van der Waals surface area (Å²) in [6.07, 6.45) is 2.69. The zero-order valence-electron chi connectivity index (χ0n) is 23.9. The summed E-state index contributed by atoms with van der Waals surface area (Å²) < 4.78 is 11.0. The van der Waals surface area contributed by atoms with Gasteiger partial charge in [-0.1, -0.05) is 26.0 Å². The largest absolute Gasteiger partial charge is 0.444 e. The van der Waals surface area contributed by atoms with E-state index in [1.807, 2.05) is 25.7 Å². The molecule has 39 heavy (non-hydrogen) atoms. The minimum atomic E-state index is -0.499. The molecule has 0 saturated carbocycles. The highest BCUT2D eigenvalue weighted by atomic mass is 16.7. The number of benzene rings is 1. The molecular weight excluding hydrogens is 502 g/mol. The van der Waals surface area contributed by atoms with Gasteiger partial charge in [0, 0.05) is 26.2 Å². The van der Waals surface area contributed by atoms with Crippen molar-refractivity contribution in [3.05, 3.63) is 35.4 Å². The third-order valence-electron chi connectivity index (χ3n) is 6.68. The van der Waals surface area contributed by atoms with Crippen LogP contribution in [-0.4, -0.2) is 90.3 Å². The van der Waals surface area contributed by atoms with E-state index in [4.69, 9.17) is 14.3 Å². The number of hydrogen-bond acceptors (Lipinski definition) is 7. The molecule has 2 aliphatic heterocycles. The second-order valence-electron chi connectivity index (χ2n) is 11.6. The smallest absolute Gasteiger partial charge is 0.410 e. The number of carbonyl (C=O) groups is 4. The Bertz CT molecular complexity index is 977. The van der Waals surface area contributed by atoms with Crippen LogP contribution in [-0.2, 0) is 19.1 Å². The van der Waals surface area contributed by atoms with Crippen molar-refractivity contribution in [1.29, 1.82) is 0 Å². The molecule has 1 aromatic rings. The Morgan fingerprint density at radius 3 is 2.18 bits per heavy atom. The van der Waals surface area contributed by atoms with E-state index < -0.39 is 17.4 Å². The van der Waals surface area contributed by atoms with Gasteiger partial charge in [-0.25, -0.2) is 4.79 Å². The molecule has 0 aromatic heterocycles. The molecule has 0 radical (unpaired) electrons. The quantitative estimate of drug-likeness (QED) is 0.287. The van der Waals surface area contributed by atoms with Crippen LogP contribution in [0.3, 0.4) is 0 Å². The summed E-state index contributed by atoms with van der Waals surface area (Å²) in [6.45, 7) is 12.9. The van der Waals surface area contributed by atoms with E-state index in [9.17, 15) is 19.2 Å². The first-order valence-corrected chi connectivity index (χ1v) is 13.9. The number of hydroxylamine groups is 2. The predicted octanol–water partition coefficient (Wildman–Crippen LogP) is 4.14. The summed E-state index contributed by atoms with van der Waals surface area (Å²) >= 11 is 0. The number of piperidine rings is 1. The minimum absolute atomic E-state index is 0.0252. The summed E-state index contributed by atoms with van der Waals surface area (Å²) in [5, 5.41) is 0.765. The third-order valence-corrected chi connectivity index (χ3v) is 6.68. The maximum atomic E-state index is 12.9. The van der Waals surface area contributed by atoms with Crippen molar-refractivity contribution < 1.29 is 33.5 Å². The number of amides is 4. The SMILES string of the molecule is CC(C)CN(CCC1CCN(C(=O)OC(C)(C)C)CC1)C(=O)CCOCCON1C(=O)c2ccccc2C1=O. The van der Waals surface area contributed by atoms with Crippen LogP contribution >= 0.6 is 0 Å². The van der Waals surface area contributed by atoms with Crippen LogP contribution in [0.4, 0.5) is 4.79 Å². The van der Waals surface area contributed by atoms with E-state index in [2.05, 4.69) is 13.8 Å². The molecule has 10 nitrogen and oxygen atoms in total. The third kappa shape index (κ3) is 9.03. The van der Waals surface area contributed by atoms with Gasteiger partial charge in [-0.3, -0.25) is 19.2 Å². The predicted molar refractivity (Wildman–Crippen MR) is 145 cm³/mol. The first kappa shape index (κ1) is 30.6. The molecule has 4 amide bonds. The number of hydrogen-bond donors (Lipinski definition) is 0. The van der Waals surface area contributed by atoms with Crippen molar-refractivity contribution in [3.63, 3.8) is 0 Å². The Hall–Kier alpha value is -2.98. The number of likely N-dealkylation sites (tertiary alicyclic amines) is 1. The fourth-order valence-corrected chi connectivity index (χ4v) is 4.72. The van der Waals surface area contributed by atoms with Crippen LogP contribution in [0.1, 0.15) is 81.0 Å². The Kier molecular flexibility index (Phi) is 10.9. The lowest BCUT2D eigenvalue weighted by molar-refractivity contribution is -0.134. The maximum Gasteiger partial charge on any atom is 0.410 e. The van der Waals surface area contributed by atoms with Gasteiger partial charge >= 0.3 is 6.09 Å². The van der Waals surface area contributed by atoms with Crippen LogP contribution in [0.2, 0.25) is 0 Å². The minimum Gasteiger partial charge on any atom is -0.444 e. The number of nitrogens with zero attached hydrogens (tertiary/aromatic N) is 3. The highest BCUT2D eigenvalue weighted by Crippen LogP contribution is 2.24. The van der Waals surface area contributed by atoms with E-state index in [1.54, 1.807) is 29.2 Å². The van der Waals surface area contributed by atoms with Gasteiger partial charge in [0.1, 0.15) is 5.60 Å². The first-order valence-electron chi connectivity index (χ1n) is 13.9. The Morgan fingerprint density at radius 1 is 1.00 bits per heavy atom. The summed E-state index contributed by atoms with van der Waals surface area (Å²) in [7, 11) is 0. The van der Waals surface area contributed by atoms with Gasteiger partial charge in [-0.05, 0) is 64.0 Å². The summed E-state index contributed by atoms with van der Waals surface area (Å²) in [4.78, 5) is 58.9. The molecule has 0 spiro atoms. The van der Waals surface area contributed by atoms with Crippen LogP contribution in [0, 0.1) is 11.8 Å². The highest BCUT2D eigenvalue weighted by molar-refractivity contribution is 6.20. The Balaban J connectivity index is 1.34. The van der Waals surface area contributed by atoms with Crippen molar-refractivity contribution in [2.75, 3.05) is 46.0 Å². The standard InChI is InChI=1S/C29H43N3O7/c1-21(2)20-31(16-12-22-10-14-30(15-11-22)28(36)39-29(3,4)5)25(33)13-17-37-18-19-38-32-26(34)23-8-6-7-9-24(23)27(32)35/h6-9,21-22H,10-20H2,1-5H3. The number of imide groups is 1. The molecule has 216 valence electrons. The van der Waals surface area contributed by atoms with Gasteiger partial charge < -0.3 is 19.3 Å². The molecule has 1 saturated heterocycles. The molecule has 1 aromatic carbocycles. The fourth-order valence-electron chi connectivity index (χ4n) is 4.72. The second-order valence-corrected chi connectivity index (χ2v) is 11.6. The monoisotopic (exact) mass is 545 g/mol. The Labute approximate surface area is 231 Å². The zero-order chi connectivity index (χ0) is 28.6. The average molecular weight is 546 g/mol. The molecule has 2 aliphatic rings. The number of carbonyl (C=O) groups excluding carboxylic acids is 4. The fraction of sp³-hybridized carbons (Fsp3) is 0.655. The van der Waals surface area contributed by atoms with E-state index in [0.29, 0.717) is 49.1 Å². The topological polar surface area (TPSA) is 106 Å². The number of ether oxygens (including phenoxy) is 2. The van der Waals surface area contributed by atoms with Gasteiger partial charge in [-0.15, -0.1) is 5.06 Å². The van der Waals surface area contributed by atoms with E-state index in [0.717, 1.165) is 24.3 Å². The first-order chi connectivity index (χ1) is 18.5. The molecule has 1 fully saturated rings. The second kappa shape index (κ2) is 13.9. The molecule has 0 bridgehead atoms. The zero-order valence-corrected chi connectivity index (χ0v) is 23.9. The molecule has 10 heteroatoms. The molecule has 0 atom stereocenters. The summed E-state index contributed by atoms with van der Waals surface area (Å²) in [5.74, 6) is -0.119. The van der Waals surface area contributed by atoms with Crippen LogP contribution in [0.5, 0.6) is 0 Å². The normalized spacial score (nSPS) is 16.2. The van der Waals surface area contributed by atoms with Crippen molar-refractivity contribution >= 4 is 23.8 Å². The van der Waals surface area contributed by atoms with Crippen molar-refractivity contribution in [3.8, 4) is 0 Å². The van der Waals surface area contributed by atoms with Crippen molar-refractivity contribution in [1.82, 2.24) is 14.9 Å². The molecule has 0 N–H and O–H groups in total. The van der Waals surface area contributed by atoms with E-state index in [1.165, 1.54) is 0 Å². The number of fused-ring (bicyclic) bond motifs is 1. The average Bonchev–Trinajstić information content (AvgIpc) is 3.12. The summed E-state index contributed by atoms with van der Waals surface area (Å²) in [5.41, 5.74) is 0.154. The number of rotatable bonds is 12. The van der Waals surface area contributed by atoms with Crippen LogP contribution in [0.25, 0.3) is 0 Å². The van der Waals surface area contributed by atoms with Gasteiger partial charge in [0.2, 0.25) is 5.91 Å². The maximum absolute atomic E-state index is 12.9. The lowest BCUT2D eigenvalue weighted by atomic mass is 9.93. The van der Waals surface area contributed by atoms with Gasteiger partial charge in [-0.2, -0.15) is 0 Å². The lowest BCUT2D eigenvalue weighted by Gasteiger charge is -2.34. The molecule has 2 heterocycles. The van der Waals surface area contributed by atoms with Gasteiger partial charge in [0.15, 0.2) is 0 Å². The molecular formula is C29H43N3O7. The summed E-state index contributed by atoms with van der Waals surface area (Å²) in [6, 6.07) is 6.59.